The number of carbonyl (C=O) groups excluding carboxylic acids is 2. The highest BCUT2D eigenvalue weighted by atomic mass is 16.2. The third-order valence-corrected chi connectivity index (χ3v) is 3.79. The van der Waals surface area contributed by atoms with E-state index in [-0.39, 0.29) is 23.9 Å². The van der Waals surface area contributed by atoms with Crippen molar-refractivity contribution in [1.29, 1.82) is 0 Å². The van der Waals surface area contributed by atoms with Gasteiger partial charge in [0.25, 0.3) is 0 Å². The average molecular weight is 282 g/mol. The molecular weight excluding hydrogens is 252 g/mol. The molecule has 0 aromatic heterocycles. The topological polar surface area (TPSA) is 40.6 Å². The Morgan fingerprint density at radius 2 is 1.15 bits per heavy atom. The number of hydrogen-bond donors (Lipinski definition) is 0. The molecule has 4 heteroatoms. The van der Waals surface area contributed by atoms with Gasteiger partial charge in [-0.05, 0) is 25.7 Å². The van der Waals surface area contributed by atoms with Crippen LogP contribution in [0, 0.1) is 11.8 Å². The predicted molar refractivity (Wildman–Crippen MR) is 81.3 cm³/mol. The quantitative estimate of drug-likeness (QED) is 0.795. The van der Waals surface area contributed by atoms with Gasteiger partial charge in [-0.3, -0.25) is 9.59 Å². The molecule has 1 heterocycles. The van der Waals surface area contributed by atoms with Crippen LogP contribution in [0.4, 0.5) is 0 Å². The second kappa shape index (κ2) is 7.09. The molecule has 20 heavy (non-hydrogen) atoms. The van der Waals surface area contributed by atoms with E-state index in [0.29, 0.717) is 37.8 Å². The van der Waals surface area contributed by atoms with E-state index in [2.05, 4.69) is 27.7 Å². The fourth-order valence-corrected chi connectivity index (χ4v) is 2.75. The first kappa shape index (κ1) is 17.0. The summed E-state index contributed by atoms with van der Waals surface area (Å²) < 4.78 is 0. The lowest BCUT2D eigenvalue weighted by Gasteiger charge is -2.44. The Kier molecular flexibility index (Phi) is 6.03. The average Bonchev–Trinajstić information content (AvgIpc) is 2.29. The van der Waals surface area contributed by atoms with E-state index in [1.807, 2.05) is 23.6 Å². The van der Waals surface area contributed by atoms with Crippen LogP contribution in [0.5, 0.6) is 0 Å². The van der Waals surface area contributed by atoms with Crippen LogP contribution in [0.1, 0.15) is 54.4 Å². The summed E-state index contributed by atoms with van der Waals surface area (Å²) in [6.45, 7) is 13.7. The van der Waals surface area contributed by atoms with Gasteiger partial charge in [-0.1, -0.05) is 27.7 Å². The Labute approximate surface area is 123 Å². The van der Waals surface area contributed by atoms with Crippen molar-refractivity contribution >= 4 is 11.8 Å². The number of nitrogens with zero attached hydrogens (tertiary/aromatic N) is 2. The van der Waals surface area contributed by atoms with Crippen LogP contribution in [0.25, 0.3) is 0 Å². The minimum atomic E-state index is 0.119. The molecule has 0 N–H and O–H groups in total. The van der Waals surface area contributed by atoms with Crippen molar-refractivity contribution in [2.75, 3.05) is 13.1 Å². The van der Waals surface area contributed by atoms with Gasteiger partial charge in [0.05, 0.1) is 0 Å². The molecule has 0 spiro atoms. The fraction of sp³-hybridized carbons (Fsp3) is 0.875. The molecule has 1 aliphatic rings. The van der Waals surface area contributed by atoms with Crippen LogP contribution in [-0.4, -0.2) is 46.8 Å². The lowest BCUT2D eigenvalue weighted by molar-refractivity contribution is -0.146. The second-order valence-electron chi connectivity index (χ2n) is 6.99. The number of hydrogen-bond acceptors (Lipinski definition) is 2. The van der Waals surface area contributed by atoms with E-state index < -0.39 is 0 Å². The summed E-state index contributed by atoms with van der Waals surface area (Å²) in [6.07, 6.45) is 1.19. The number of amides is 2. The molecule has 0 aromatic carbocycles. The van der Waals surface area contributed by atoms with Gasteiger partial charge in [0.2, 0.25) is 11.8 Å². The van der Waals surface area contributed by atoms with Crippen molar-refractivity contribution in [1.82, 2.24) is 9.80 Å². The van der Waals surface area contributed by atoms with Crippen molar-refractivity contribution in [3.63, 3.8) is 0 Å². The van der Waals surface area contributed by atoms with Gasteiger partial charge in [0.1, 0.15) is 0 Å². The molecule has 0 unspecified atom stereocenters. The molecular formula is C16H30N2O2. The number of rotatable bonds is 4. The molecule has 1 aliphatic heterocycles. The minimum absolute atomic E-state index is 0.119. The Bertz CT molecular complexity index is 318. The summed E-state index contributed by atoms with van der Waals surface area (Å²) in [4.78, 5) is 28.4. The van der Waals surface area contributed by atoms with E-state index in [1.54, 1.807) is 0 Å². The normalized spacial score (nSPS) is 23.6. The zero-order chi connectivity index (χ0) is 15.4. The Morgan fingerprint density at radius 3 is 1.40 bits per heavy atom. The molecule has 2 atom stereocenters. The van der Waals surface area contributed by atoms with Gasteiger partial charge in [0, 0.05) is 38.0 Å². The molecule has 0 saturated carbocycles. The molecule has 1 rings (SSSR count). The van der Waals surface area contributed by atoms with Gasteiger partial charge in [-0.25, -0.2) is 0 Å². The standard InChI is InChI=1S/C16H30N2O2/c1-11(2)7-15(19)17-9-14(6)18(10-13(17)5)16(20)8-12(3)4/h11-14H,7-10H2,1-6H3/t13-,14+. The van der Waals surface area contributed by atoms with Crippen molar-refractivity contribution in [2.24, 2.45) is 11.8 Å². The van der Waals surface area contributed by atoms with E-state index in [1.165, 1.54) is 0 Å². The smallest absolute Gasteiger partial charge is 0.223 e. The van der Waals surface area contributed by atoms with E-state index >= 15 is 0 Å². The highest BCUT2D eigenvalue weighted by Gasteiger charge is 2.34. The monoisotopic (exact) mass is 282 g/mol. The largest absolute Gasteiger partial charge is 0.336 e. The molecule has 4 nitrogen and oxygen atoms in total. The van der Waals surface area contributed by atoms with Crippen LogP contribution < -0.4 is 0 Å². The molecule has 0 radical (unpaired) electrons. The zero-order valence-corrected chi connectivity index (χ0v) is 13.8. The molecule has 2 amide bonds. The van der Waals surface area contributed by atoms with Crippen LogP contribution in [0.3, 0.4) is 0 Å². The number of piperazine rings is 1. The Balaban J connectivity index is 2.66. The second-order valence-corrected chi connectivity index (χ2v) is 6.99. The fourth-order valence-electron chi connectivity index (χ4n) is 2.75. The molecule has 116 valence electrons. The number of carbonyl (C=O) groups is 2. The lowest BCUT2D eigenvalue weighted by Crippen LogP contribution is -2.59. The maximum atomic E-state index is 12.2. The summed E-state index contributed by atoms with van der Waals surface area (Å²) in [6, 6.07) is 0.238. The van der Waals surface area contributed by atoms with Crippen molar-refractivity contribution in [2.45, 2.75) is 66.5 Å². The lowest BCUT2D eigenvalue weighted by atomic mass is 10.0. The predicted octanol–water partition coefficient (Wildman–Crippen LogP) is 2.53. The highest BCUT2D eigenvalue weighted by Crippen LogP contribution is 2.19. The van der Waals surface area contributed by atoms with Crippen LogP contribution in [-0.2, 0) is 9.59 Å². The summed E-state index contributed by atoms with van der Waals surface area (Å²) in [5, 5.41) is 0. The van der Waals surface area contributed by atoms with Crippen molar-refractivity contribution < 1.29 is 9.59 Å². The van der Waals surface area contributed by atoms with Gasteiger partial charge < -0.3 is 9.80 Å². The first-order chi connectivity index (χ1) is 9.22. The van der Waals surface area contributed by atoms with Gasteiger partial charge in [-0.15, -0.1) is 0 Å². The van der Waals surface area contributed by atoms with Gasteiger partial charge in [-0.2, -0.15) is 0 Å². The van der Waals surface area contributed by atoms with E-state index in [9.17, 15) is 9.59 Å². The summed E-state index contributed by atoms with van der Waals surface area (Å²) in [5.41, 5.74) is 0. The van der Waals surface area contributed by atoms with Gasteiger partial charge >= 0.3 is 0 Å². The van der Waals surface area contributed by atoms with Crippen molar-refractivity contribution in [3.8, 4) is 0 Å². The third-order valence-electron chi connectivity index (χ3n) is 3.79. The van der Waals surface area contributed by atoms with Gasteiger partial charge in [0.15, 0.2) is 0 Å². The molecule has 0 aliphatic carbocycles. The zero-order valence-electron chi connectivity index (χ0n) is 13.8. The van der Waals surface area contributed by atoms with Crippen molar-refractivity contribution in [3.05, 3.63) is 0 Å². The highest BCUT2D eigenvalue weighted by molar-refractivity contribution is 5.79. The Morgan fingerprint density at radius 1 is 0.850 bits per heavy atom. The maximum Gasteiger partial charge on any atom is 0.223 e. The molecule has 0 bridgehead atoms. The maximum absolute atomic E-state index is 12.2. The molecule has 0 aromatic rings. The van der Waals surface area contributed by atoms with Crippen LogP contribution in [0.2, 0.25) is 0 Å². The summed E-state index contributed by atoms with van der Waals surface area (Å²) >= 11 is 0. The summed E-state index contributed by atoms with van der Waals surface area (Å²) in [7, 11) is 0. The molecule has 1 saturated heterocycles. The first-order valence-electron chi connectivity index (χ1n) is 7.81. The Hall–Kier alpha value is -1.06. The molecule has 1 fully saturated rings. The SMILES string of the molecule is CC(C)CC(=O)N1C[C@H](C)N(C(=O)CC(C)C)C[C@H]1C. The summed E-state index contributed by atoms with van der Waals surface area (Å²) in [5.74, 6) is 1.20. The third kappa shape index (κ3) is 4.50. The van der Waals surface area contributed by atoms with Crippen LogP contribution in [0.15, 0.2) is 0 Å². The minimum Gasteiger partial charge on any atom is -0.336 e. The van der Waals surface area contributed by atoms with E-state index in [4.69, 9.17) is 0 Å². The van der Waals surface area contributed by atoms with Crippen LogP contribution >= 0.6 is 0 Å². The first-order valence-corrected chi connectivity index (χ1v) is 7.81. The van der Waals surface area contributed by atoms with E-state index in [0.717, 1.165) is 0 Å².